The van der Waals surface area contributed by atoms with Gasteiger partial charge >= 0.3 is 0 Å². The third-order valence-corrected chi connectivity index (χ3v) is 6.58. The fourth-order valence-corrected chi connectivity index (χ4v) is 4.37. The number of benzene rings is 2. The standard InChI is InChI=1S/C32H45N3O3/c1-3-5-7-9-11-16-23-36-29-22-18-21-28(32(29)37-24-17-12-10-8-6-4-2)31-30(25-33-35-34-31)38-26-27-19-14-13-15-20-27/h13-15,18-22,25H,3-12,16-17,23-24,26H2,1-2H3. The van der Waals surface area contributed by atoms with Crippen molar-refractivity contribution in [2.75, 3.05) is 13.2 Å². The molecule has 0 aliphatic rings. The smallest absolute Gasteiger partial charge is 0.170 e. The van der Waals surface area contributed by atoms with E-state index in [4.69, 9.17) is 14.2 Å². The molecule has 0 bridgehead atoms. The Morgan fingerprint density at radius 2 is 1.26 bits per heavy atom. The maximum absolute atomic E-state index is 6.39. The van der Waals surface area contributed by atoms with Crippen LogP contribution in [0.5, 0.6) is 17.2 Å². The van der Waals surface area contributed by atoms with E-state index in [2.05, 4.69) is 29.3 Å². The molecule has 0 unspecified atom stereocenters. The second-order valence-corrected chi connectivity index (χ2v) is 9.79. The van der Waals surface area contributed by atoms with Crippen LogP contribution in [0, 0.1) is 0 Å². The predicted molar refractivity (Wildman–Crippen MR) is 154 cm³/mol. The minimum Gasteiger partial charge on any atom is -0.490 e. The molecule has 0 N–H and O–H groups in total. The lowest BCUT2D eigenvalue weighted by molar-refractivity contribution is 0.259. The first-order valence-electron chi connectivity index (χ1n) is 14.6. The van der Waals surface area contributed by atoms with Gasteiger partial charge in [-0.05, 0) is 35.8 Å². The number of ether oxygens (including phenoxy) is 3. The maximum Gasteiger partial charge on any atom is 0.170 e. The van der Waals surface area contributed by atoms with Crippen LogP contribution < -0.4 is 14.2 Å². The van der Waals surface area contributed by atoms with E-state index in [1.165, 1.54) is 57.8 Å². The van der Waals surface area contributed by atoms with Gasteiger partial charge < -0.3 is 14.2 Å². The molecule has 0 amide bonds. The third kappa shape index (κ3) is 10.3. The van der Waals surface area contributed by atoms with Crippen molar-refractivity contribution in [1.82, 2.24) is 15.4 Å². The van der Waals surface area contributed by atoms with Gasteiger partial charge in [-0.3, -0.25) is 0 Å². The van der Waals surface area contributed by atoms with E-state index in [9.17, 15) is 0 Å². The average Bonchev–Trinajstić information content (AvgIpc) is 2.96. The van der Waals surface area contributed by atoms with Crippen molar-refractivity contribution < 1.29 is 14.2 Å². The topological polar surface area (TPSA) is 66.4 Å². The fourth-order valence-electron chi connectivity index (χ4n) is 4.37. The number of nitrogens with zero attached hydrogens (tertiary/aromatic N) is 3. The lowest BCUT2D eigenvalue weighted by atomic mass is 10.1. The minimum atomic E-state index is 0.420. The van der Waals surface area contributed by atoms with E-state index >= 15 is 0 Å². The first kappa shape index (κ1) is 29.4. The summed E-state index contributed by atoms with van der Waals surface area (Å²) in [6.45, 7) is 6.21. The van der Waals surface area contributed by atoms with Gasteiger partial charge in [0.25, 0.3) is 0 Å². The molecule has 2 aromatic carbocycles. The highest BCUT2D eigenvalue weighted by Gasteiger charge is 2.19. The normalized spacial score (nSPS) is 10.9. The first-order chi connectivity index (χ1) is 18.8. The van der Waals surface area contributed by atoms with Gasteiger partial charge in [0.2, 0.25) is 0 Å². The summed E-state index contributed by atoms with van der Waals surface area (Å²) >= 11 is 0. The molecule has 0 spiro atoms. The Bertz CT molecular complexity index is 1030. The van der Waals surface area contributed by atoms with E-state index in [1.807, 2.05) is 48.5 Å². The number of aromatic nitrogens is 3. The quantitative estimate of drug-likeness (QED) is 0.139. The average molecular weight is 520 g/mol. The highest BCUT2D eigenvalue weighted by molar-refractivity contribution is 5.74. The zero-order chi connectivity index (χ0) is 26.7. The monoisotopic (exact) mass is 519 g/mol. The van der Waals surface area contributed by atoms with E-state index in [0.717, 1.165) is 36.1 Å². The van der Waals surface area contributed by atoms with E-state index < -0.39 is 0 Å². The molecule has 0 radical (unpaired) electrons. The van der Waals surface area contributed by atoms with Gasteiger partial charge in [-0.25, -0.2) is 0 Å². The second kappa shape index (κ2) is 18.2. The van der Waals surface area contributed by atoms with Crippen LogP contribution in [0.25, 0.3) is 11.3 Å². The molecular formula is C32H45N3O3. The molecule has 3 rings (SSSR count). The van der Waals surface area contributed by atoms with Gasteiger partial charge in [0.1, 0.15) is 12.3 Å². The number of hydrogen-bond donors (Lipinski definition) is 0. The SMILES string of the molecule is CCCCCCCCOc1cccc(-c2nnncc2OCc2ccccc2)c1OCCCCCCCC. The Hall–Kier alpha value is -3.15. The number of para-hydroxylation sites is 1. The van der Waals surface area contributed by atoms with Gasteiger partial charge in [-0.15, -0.1) is 10.2 Å². The molecule has 3 aromatic rings. The van der Waals surface area contributed by atoms with Crippen LogP contribution in [0.2, 0.25) is 0 Å². The molecule has 1 aromatic heterocycles. The Balaban J connectivity index is 1.72. The Labute approximate surface area is 229 Å². The predicted octanol–water partition coefficient (Wildman–Crippen LogP) is 8.60. The summed E-state index contributed by atoms with van der Waals surface area (Å²) in [5.41, 5.74) is 2.50. The van der Waals surface area contributed by atoms with Crippen LogP contribution in [-0.4, -0.2) is 28.6 Å². The van der Waals surface area contributed by atoms with Crippen molar-refractivity contribution in [3.63, 3.8) is 0 Å². The highest BCUT2D eigenvalue weighted by Crippen LogP contribution is 2.41. The van der Waals surface area contributed by atoms with Crippen LogP contribution in [0.3, 0.4) is 0 Å². The van der Waals surface area contributed by atoms with Crippen molar-refractivity contribution in [3.05, 3.63) is 60.3 Å². The molecular weight excluding hydrogens is 474 g/mol. The molecule has 0 saturated heterocycles. The van der Waals surface area contributed by atoms with Crippen molar-refractivity contribution in [3.8, 4) is 28.5 Å². The Morgan fingerprint density at radius 3 is 1.97 bits per heavy atom. The Morgan fingerprint density at radius 1 is 0.605 bits per heavy atom. The van der Waals surface area contributed by atoms with Crippen LogP contribution in [0.1, 0.15) is 96.5 Å². The van der Waals surface area contributed by atoms with Crippen molar-refractivity contribution in [2.24, 2.45) is 0 Å². The largest absolute Gasteiger partial charge is 0.490 e. The summed E-state index contributed by atoms with van der Waals surface area (Å²) in [5, 5.41) is 12.3. The molecule has 0 fully saturated rings. The molecule has 6 nitrogen and oxygen atoms in total. The summed E-state index contributed by atoms with van der Waals surface area (Å²) in [7, 11) is 0. The minimum absolute atomic E-state index is 0.420. The van der Waals surface area contributed by atoms with Gasteiger partial charge in [-0.1, -0.05) is 114 Å². The van der Waals surface area contributed by atoms with Crippen molar-refractivity contribution in [2.45, 2.75) is 97.5 Å². The van der Waals surface area contributed by atoms with Gasteiger partial charge in [-0.2, -0.15) is 0 Å². The number of hydrogen-bond acceptors (Lipinski definition) is 6. The molecule has 206 valence electrons. The summed E-state index contributed by atoms with van der Waals surface area (Å²) < 4.78 is 18.8. The van der Waals surface area contributed by atoms with Gasteiger partial charge in [0, 0.05) is 0 Å². The van der Waals surface area contributed by atoms with E-state index in [1.54, 1.807) is 6.20 Å². The van der Waals surface area contributed by atoms with Crippen LogP contribution in [-0.2, 0) is 6.61 Å². The lowest BCUT2D eigenvalue weighted by Crippen LogP contribution is -2.06. The molecule has 6 heteroatoms. The first-order valence-corrected chi connectivity index (χ1v) is 14.6. The number of rotatable bonds is 20. The van der Waals surface area contributed by atoms with E-state index in [-0.39, 0.29) is 0 Å². The Kier molecular flexibility index (Phi) is 14.1. The lowest BCUT2D eigenvalue weighted by Gasteiger charge is -2.17. The van der Waals surface area contributed by atoms with Crippen molar-refractivity contribution >= 4 is 0 Å². The van der Waals surface area contributed by atoms with Crippen LogP contribution >= 0.6 is 0 Å². The molecule has 0 atom stereocenters. The van der Waals surface area contributed by atoms with Gasteiger partial charge in [0.05, 0.1) is 25.0 Å². The number of unbranched alkanes of at least 4 members (excludes halogenated alkanes) is 10. The van der Waals surface area contributed by atoms with Crippen LogP contribution in [0.15, 0.2) is 54.7 Å². The second-order valence-electron chi connectivity index (χ2n) is 9.79. The van der Waals surface area contributed by atoms with Crippen LogP contribution in [0.4, 0.5) is 0 Å². The molecule has 0 aliphatic heterocycles. The molecule has 0 saturated carbocycles. The summed E-state index contributed by atoms with van der Waals surface area (Å²) in [6.07, 6.45) is 16.2. The summed E-state index contributed by atoms with van der Waals surface area (Å²) in [6, 6.07) is 16.0. The summed E-state index contributed by atoms with van der Waals surface area (Å²) in [5.74, 6) is 2.02. The summed E-state index contributed by atoms with van der Waals surface area (Å²) in [4.78, 5) is 0. The zero-order valence-corrected chi connectivity index (χ0v) is 23.4. The third-order valence-electron chi connectivity index (χ3n) is 6.58. The highest BCUT2D eigenvalue weighted by atomic mass is 16.5. The van der Waals surface area contributed by atoms with E-state index in [0.29, 0.717) is 37.0 Å². The maximum atomic E-state index is 6.39. The fraction of sp³-hybridized carbons (Fsp3) is 0.531. The van der Waals surface area contributed by atoms with Gasteiger partial charge in [0.15, 0.2) is 17.2 Å². The molecule has 1 heterocycles. The molecule has 38 heavy (non-hydrogen) atoms. The van der Waals surface area contributed by atoms with Crippen molar-refractivity contribution in [1.29, 1.82) is 0 Å². The zero-order valence-electron chi connectivity index (χ0n) is 23.4. The molecule has 0 aliphatic carbocycles.